The third-order valence-electron chi connectivity index (χ3n) is 6.09. The summed E-state index contributed by atoms with van der Waals surface area (Å²) in [5.41, 5.74) is 1.30. The fourth-order valence-corrected chi connectivity index (χ4v) is 4.52. The number of hydrogen-bond donors (Lipinski definition) is 1. The molecule has 0 spiro atoms. The van der Waals surface area contributed by atoms with Crippen LogP contribution >= 0.6 is 23.2 Å². The first-order valence-electron chi connectivity index (χ1n) is 12.1. The van der Waals surface area contributed by atoms with E-state index in [1.807, 2.05) is 36.4 Å². The molecule has 1 aliphatic rings. The molecule has 0 saturated carbocycles. The van der Waals surface area contributed by atoms with E-state index in [0.717, 1.165) is 18.7 Å². The van der Waals surface area contributed by atoms with Crippen molar-refractivity contribution in [3.63, 3.8) is 0 Å². The van der Waals surface area contributed by atoms with Crippen molar-refractivity contribution in [1.29, 1.82) is 0 Å². The van der Waals surface area contributed by atoms with E-state index in [-0.39, 0.29) is 19.0 Å². The van der Waals surface area contributed by atoms with Crippen molar-refractivity contribution in [2.24, 2.45) is 0 Å². The zero-order valence-electron chi connectivity index (χ0n) is 20.4. The average molecular weight is 545 g/mol. The highest BCUT2D eigenvalue weighted by Crippen LogP contribution is 2.30. The number of carbonyl (C=O) groups excluding carboxylic acids is 2. The van der Waals surface area contributed by atoms with Crippen molar-refractivity contribution in [2.75, 3.05) is 51.3 Å². The maximum atomic E-state index is 13.6. The van der Waals surface area contributed by atoms with Crippen molar-refractivity contribution < 1.29 is 18.7 Å². The van der Waals surface area contributed by atoms with Crippen LogP contribution < -0.4 is 5.32 Å². The number of morpholine rings is 1. The second-order valence-electron chi connectivity index (χ2n) is 8.72. The minimum absolute atomic E-state index is 0.119. The van der Waals surface area contributed by atoms with Gasteiger partial charge in [-0.1, -0.05) is 59.6 Å². The van der Waals surface area contributed by atoms with E-state index in [0.29, 0.717) is 54.3 Å². The number of hydrogen-bond acceptors (Lipinski definition) is 5. The van der Waals surface area contributed by atoms with Gasteiger partial charge < -0.3 is 24.3 Å². The summed E-state index contributed by atoms with van der Waals surface area (Å²) in [5, 5.41) is 3.44. The van der Waals surface area contributed by atoms with Crippen LogP contribution in [0.15, 0.2) is 71.3 Å². The Kier molecular flexibility index (Phi) is 9.85. The number of ether oxygens (including phenoxy) is 1. The van der Waals surface area contributed by atoms with Gasteiger partial charge >= 0.3 is 6.03 Å². The van der Waals surface area contributed by atoms with E-state index in [1.54, 1.807) is 35.4 Å². The van der Waals surface area contributed by atoms with Gasteiger partial charge in [-0.05, 0) is 29.8 Å². The maximum absolute atomic E-state index is 13.6. The van der Waals surface area contributed by atoms with E-state index in [2.05, 4.69) is 10.2 Å². The molecule has 1 aromatic heterocycles. The number of anilines is 1. The van der Waals surface area contributed by atoms with E-state index >= 15 is 0 Å². The number of benzene rings is 2. The van der Waals surface area contributed by atoms with Crippen LogP contribution in [0.25, 0.3) is 0 Å². The van der Waals surface area contributed by atoms with Gasteiger partial charge in [0.2, 0.25) is 5.91 Å². The van der Waals surface area contributed by atoms with Gasteiger partial charge in [-0.25, -0.2) is 4.79 Å². The van der Waals surface area contributed by atoms with Crippen LogP contribution in [0, 0.1) is 0 Å². The van der Waals surface area contributed by atoms with Gasteiger partial charge in [-0.3, -0.25) is 9.69 Å². The second kappa shape index (κ2) is 13.5. The summed E-state index contributed by atoms with van der Waals surface area (Å²) in [6.07, 6.45) is 1.58. The molecule has 3 aromatic rings. The topological polar surface area (TPSA) is 78.3 Å². The number of nitrogens with one attached hydrogen (secondary N) is 1. The van der Waals surface area contributed by atoms with Crippen LogP contribution in [0.3, 0.4) is 0 Å². The molecule has 0 aliphatic carbocycles. The minimum Gasteiger partial charge on any atom is -0.467 e. The van der Waals surface area contributed by atoms with Gasteiger partial charge in [0.25, 0.3) is 0 Å². The monoisotopic (exact) mass is 544 g/mol. The second-order valence-corrected chi connectivity index (χ2v) is 9.53. The molecule has 1 aliphatic heterocycles. The Morgan fingerprint density at radius 2 is 1.62 bits per heavy atom. The summed E-state index contributed by atoms with van der Waals surface area (Å²) in [4.78, 5) is 32.4. The predicted octanol–water partition coefficient (Wildman–Crippen LogP) is 4.98. The molecule has 1 fully saturated rings. The van der Waals surface area contributed by atoms with Gasteiger partial charge in [0.1, 0.15) is 12.3 Å². The van der Waals surface area contributed by atoms with Crippen LogP contribution in [-0.4, -0.2) is 72.6 Å². The molecule has 196 valence electrons. The fraction of sp³-hybridized carbons (Fsp3) is 0.333. The average Bonchev–Trinajstić information content (AvgIpc) is 3.42. The lowest BCUT2D eigenvalue weighted by molar-refractivity contribution is -0.133. The molecule has 10 heteroatoms. The van der Waals surface area contributed by atoms with Crippen molar-refractivity contribution in [2.45, 2.75) is 13.1 Å². The minimum atomic E-state index is -0.450. The maximum Gasteiger partial charge on any atom is 0.322 e. The molecule has 0 unspecified atom stereocenters. The molecular formula is C27H30Cl2N4O4. The molecule has 2 aromatic carbocycles. The number of furan rings is 1. The highest BCUT2D eigenvalue weighted by molar-refractivity contribution is 6.39. The number of urea groups is 1. The van der Waals surface area contributed by atoms with Gasteiger partial charge in [0.15, 0.2) is 0 Å². The van der Waals surface area contributed by atoms with Gasteiger partial charge in [0, 0.05) is 32.7 Å². The largest absolute Gasteiger partial charge is 0.467 e. The summed E-state index contributed by atoms with van der Waals surface area (Å²) >= 11 is 12.6. The Bertz CT molecular complexity index is 1130. The van der Waals surface area contributed by atoms with E-state index in [1.165, 1.54) is 4.90 Å². The van der Waals surface area contributed by atoms with Crippen LogP contribution in [0.1, 0.15) is 11.3 Å². The first kappa shape index (κ1) is 27.0. The SMILES string of the molecule is O=C(CN(CCN1CCOCC1)C(=O)Nc1c(Cl)cccc1Cl)N(Cc1ccccc1)Cc1ccco1. The number of carbonyl (C=O) groups is 2. The summed E-state index contributed by atoms with van der Waals surface area (Å²) in [6.45, 7) is 4.35. The normalized spacial score (nSPS) is 13.8. The first-order valence-corrected chi connectivity index (χ1v) is 12.9. The molecule has 37 heavy (non-hydrogen) atoms. The molecule has 1 saturated heterocycles. The molecule has 0 bridgehead atoms. The molecule has 1 N–H and O–H groups in total. The highest BCUT2D eigenvalue weighted by Gasteiger charge is 2.24. The number of amides is 3. The molecular weight excluding hydrogens is 515 g/mol. The Morgan fingerprint density at radius 3 is 2.30 bits per heavy atom. The zero-order valence-corrected chi connectivity index (χ0v) is 22.0. The van der Waals surface area contributed by atoms with Crippen LogP contribution in [0.4, 0.5) is 10.5 Å². The quantitative estimate of drug-likeness (QED) is 0.389. The molecule has 2 heterocycles. The van der Waals surface area contributed by atoms with Crippen molar-refractivity contribution in [3.05, 3.63) is 88.3 Å². The predicted molar refractivity (Wildman–Crippen MR) is 144 cm³/mol. The van der Waals surface area contributed by atoms with Crippen LogP contribution in [0.5, 0.6) is 0 Å². The lowest BCUT2D eigenvalue weighted by Gasteiger charge is -2.31. The van der Waals surface area contributed by atoms with Gasteiger partial charge in [0.05, 0.1) is 41.8 Å². The van der Waals surface area contributed by atoms with Crippen molar-refractivity contribution in [1.82, 2.24) is 14.7 Å². The molecule has 3 amide bonds. The van der Waals surface area contributed by atoms with E-state index < -0.39 is 6.03 Å². The number of halogens is 2. The van der Waals surface area contributed by atoms with E-state index in [4.69, 9.17) is 32.4 Å². The number of rotatable bonds is 10. The molecule has 4 rings (SSSR count). The van der Waals surface area contributed by atoms with E-state index in [9.17, 15) is 9.59 Å². The van der Waals surface area contributed by atoms with Gasteiger partial charge in [-0.15, -0.1) is 0 Å². The Balaban J connectivity index is 1.51. The zero-order chi connectivity index (χ0) is 26.0. The fourth-order valence-electron chi connectivity index (χ4n) is 4.03. The standard InChI is InChI=1S/C27H30Cl2N4O4/c28-23-9-4-10-24(29)26(23)30-27(35)32(12-11-31-13-16-36-17-14-31)20-25(34)33(19-22-8-5-15-37-22)18-21-6-2-1-3-7-21/h1-10,15H,11-14,16-20H2,(H,30,35). The van der Waals surface area contributed by atoms with Crippen LogP contribution in [0.2, 0.25) is 10.0 Å². The molecule has 0 radical (unpaired) electrons. The highest BCUT2D eigenvalue weighted by atomic mass is 35.5. The summed E-state index contributed by atoms with van der Waals surface area (Å²) in [5.74, 6) is 0.457. The number of para-hydroxylation sites is 1. The number of nitrogens with zero attached hydrogens (tertiary/aromatic N) is 3. The molecule has 8 nitrogen and oxygen atoms in total. The van der Waals surface area contributed by atoms with Crippen LogP contribution in [-0.2, 0) is 22.6 Å². The smallest absolute Gasteiger partial charge is 0.322 e. The lowest BCUT2D eigenvalue weighted by Crippen LogP contribution is -2.48. The Hall–Kier alpha value is -3.04. The Morgan fingerprint density at radius 1 is 0.892 bits per heavy atom. The third-order valence-corrected chi connectivity index (χ3v) is 6.72. The lowest BCUT2D eigenvalue weighted by atomic mass is 10.2. The Labute approximate surface area is 226 Å². The van der Waals surface area contributed by atoms with Crippen molar-refractivity contribution in [3.8, 4) is 0 Å². The first-order chi connectivity index (χ1) is 18.0. The summed E-state index contributed by atoms with van der Waals surface area (Å²) < 4.78 is 10.9. The molecule has 0 atom stereocenters. The third kappa shape index (κ3) is 7.97. The summed E-state index contributed by atoms with van der Waals surface area (Å²) in [6, 6.07) is 17.9. The van der Waals surface area contributed by atoms with Gasteiger partial charge in [-0.2, -0.15) is 0 Å². The van der Waals surface area contributed by atoms with Crippen molar-refractivity contribution >= 4 is 40.8 Å². The summed E-state index contributed by atoms with van der Waals surface area (Å²) in [7, 11) is 0.